The quantitative estimate of drug-likeness (QED) is 0.704. The van der Waals surface area contributed by atoms with Crippen LogP contribution in [0.25, 0.3) is 0 Å². The molecular weight excluding hydrogens is 162 g/mol. The molecule has 0 aliphatic rings. The third kappa shape index (κ3) is 2.73. The van der Waals surface area contributed by atoms with Gasteiger partial charge in [-0.1, -0.05) is 6.07 Å². The van der Waals surface area contributed by atoms with Crippen molar-refractivity contribution in [2.45, 2.75) is 5.75 Å². The topological polar surface area (TPSA) is 26.0 Å². The van der Waals surface area contributed by atoms with Gasteiger partial charge in [0, 0.05) is 22.9 Å². The van der Waals surface area contributed by atoms with E-state index in [-0.39, 0.29) is 0 Å². The molecule has 0 amide bonds. The number of hydrogen-bond acceptors (Lipinski definition) is 3. The predicted molar refractivity (Wildman–Crippen MR) is 49.5 cm³/mol. The largest absolute Gasteiger partial charge is 0.330 e. The van der Waals surface area contributed by atoms with Gasteiger partial charge in [0.2, 0.25) is 0 Å². The van der Waals surface area contributed by atoms with Crippen molar-refractivity contribution in [3.8, 4) is 0 Å². The molecule has 1 rings (SSSR count). The van der Waals surface area contributed by atoms with Crippen LogP contribution < -0.4 is 5.73 Å². The molecule has 0 aliphatic carbocycles. The Balaban J connectivity index is 2.15. The minimum Gasteiger partial charge on any atom is -0.330 e. The van der Waals surface area contributed by atoms with Crippen LogP contribution in [0.3, 0.4) is 0 Å². The second-order valence-corrected chi connectivity index (χ2v) is 4.06. The summed E-state index contributed by atoms with van der Waals surface area (Å²) in [5.41, 5.74) is 5.35. The molecule has 0 atom stereocenters. The molecule has 0 fully saturated rings. The molecule has 0 unspecified atom stereocenters. The summed E-state index contributed by atoms with van der Waals surface area (Å²) in [6.45, 7) is 0.788. The number of thiophene rings is 1. The van der Waals surface area contributed by atoms with Crippen molar-refractivity contribution in [3.05, 3.63) is 22.4 Å². The Morgan fingerprint density at radius 3 is 3.10 bits per heavy atom. The van der Waals surface area contributed by atoms with Gasteiger partial charge in [-0.2, -0.15) is 11.8 Å². The summed E-state index contributed by atoms with van der Waals surface area (Å²) in [6.07, 6.45) is 0. The Hall–Kier alpha value is 0.01000. The van der Waals surface area contributed by atoms with Crippen molar-refractivity contribution < 1.29 is 0 Å². The molecule has 0 saturated carbocycles. The van der Waals surface area contributed by atoms with Gasteiger partial charge in [0.1, 0.15) is 0 Å². The molecule has 10 heavy (non-hydrogen) atoms. The lowest BCUT2D eigenvalue weighted by Gasteiger charge is -1.94. The van der Waals surface area contributed by atoms with E-state index in [4.69, 9.17) is 5.73 Å². The molecule has 1 aromatic heterocycles. The van der Waals surface area contributed by atoms with Gasteiger partial charge in [-0.05, 0) is 11.4 Å². The Morgan fingerprint density at radius 2 is 2.50 bits per heavy atom. The third-order valence-corrected chi connectivity index (χ3v) is 3.19. The SMILES string of the molecule is NCCSCc1cccs1. The normalized spacial score (nSPS) is 10.1. The maximum atomic E-state index is 5.35. The third-order valence-electron chi connectivity index (χ3n) is 1.09. The van der Waals surface area contributed by atoms with Gasteiger partial charge in [0.05, 0.1) is 0 Å². The highest BCUT2D eigenvalue weighted by molar-refractivity contribution is 7.98. The molecular formula is C7H11NS2. The van der Waals surface area contributed by atoms with Gasteiger partial charge in [-0.3, -0.25) is 0 Å². The van der Waals surface area contributed by atoms with Crippen molar-refractivity contribution >= 4 is 23.1 Å². The lowest BCUT2D eigenvalue weighted by Crippen LogP contribution is -2.00. The van der Waals surface area contributed by atoms with E-state index < -0.39 is 0 Å². The molecule has 0 spiro atoms. The van der Waals surface area contributed by atoms with Gasteiger partial charge < -0.3 is 5.73 Å². The molecule has 0 saturated heterocycles. The first-order valence-corrected chi connectivity index (χ1v) is 5.27. The minimum atomic E-state index is 0.788. The number of nitrogens with two attached hydrogens (primary N) is 1. The first-order valence-electron chi connectivity index (χ1n) is 3.23. The van der Waals surface area contributed by atoms with E-state index in [0.717, 1.165) is 18.1 Å². The molecule has 1 heterocycles. The number of hydrogen-bond donors (Lipinski definition) is 1. The molecule has 56 valence electrons. The number of thioether (sulfide) groups is 1. The van der Waals surface area contributed by atoms with Crippen LogP contribution in [0.1, 0.15) is 4.88 Å². The summed E-state index contributed by atoms with van der Waals surface area (Å²) < 4.78 is 0. The Labute approximate surface area is 69.6 Å². The van der Waals surface area contributed by atoms with Crippen molar-refractivity contribution in [3.63, 3.8) is 0 Å². The maximum absolute atomic E-state index is 5.35. The van der Waals surface area contributed by atoms with E-state index in [1.165, 1.54) is 4.88 Å². The summed E-state index contributed by atoms with van der Waals surface area (Å²) >= 11 is 3.71. The zero-order chi connectivity index (χ0) is 7.23. The van der Waals surface area contributed by atoms with Crippen molar-refractivity contribution in [2.75, 3.05) is 12.3 Å². The lowest BCUT2D eigenvalue weighted by molar-refractivity contribution is 1.15. The Morgan fingerprint density at radius 1 is 1.60 bits per heavy atom. The van der Waals surface area contributed by atoms with E-state index in [2.05, 4.69) is 17.5 Å². The van der Waals surface area contributed by atoms with Crippen LogP contribution in [-0.2, 0) is 5.75 Å². The van der Waals surface area contributed by atoms with Crippen molar-refractivity contribution in [1.82, 2.24) is 0 Å². The van der Waals surface area contributed by atoms with E-state index in [1.807, 2.05) is 23.1 Å². The van der Waals surface area contributed by atoms with Gasteiger partial charge in [-0.15, -0.1) is 11.3 Å². The van der Waals surface area contributed by atoms with Crippen LogP contribution in [0.5, 0.6) is 0 Å². The van der Waals surface area contributed by atoms with Crippen LogP contribution in [0.2, 0.25) is 0 Å². The second-order valence-electron chi connectivity index (χ2n) is 1.92. The van der Waals surface area contributed by atoms with Crippen LogP contribution in [0, 0.1) is 0 Å². The second kappa shape index (κ2) is 4.77. The Kier molecular flexibility index (Phi) is 3.87. The molecule has 0 bridgehead atoms. The molecule has 3 heteroatoms. The van der Waals surface area contributed by atoms with E-state index in [0.29, 0.717) is 0 Å². The fourth-order valence-corrected chi connectivity index (χ4v) is 2.27. The molecule has 0 aromatic carbocycles. The monoisotopic (exact) mass is 173 g/mol. The number of rotatable bonds is 4. The minimum absolute atomic E-state index is 0.788. The van der Waals surface area contributed by atoms with Crippen molar-refractivity contribution in [2.24, 2.45) is 5.73 Å². The average Bonchev–Trinajstić information content (AvgIpc) is 2.41. The van der Waals surface area contributed by atoms with E-state index in [1.54, 1.807) is 0 Å². The van der Waals surface area contributed by atoms with Gasteiger partial charge in [0.25, 0.3) is 0 Å². The fourth-order valence-electron chi connectivity index (χ4n) is 0.651. The zero-order valence-corrected chi connectivity index (χ0v) is 7.38. The summed E-state index contributed by atoms with van der Waals surface area (Å²) in [4.78, 5) is 1.44. The first-order chi connectivity index (χ1) is 4.93. The zero-order valence-electron chi connectivity index (χ0n) is 5.75. The predicted octanol–water partition coefficient (Wildman–Crippen LogP) is 1.94. The highest BCUT2D eigenvalue weighted by Crippen LogP contribution is 2.15. The molecule has 0 aliphatic heterocycles. The maximum Gasteiger partial charge on any atom is 0.0279 e. The highest BCUT2D eigenvalue weighted by Gasteiger charge is 1.91. The molecule has 1 aromatic rings. The van der Waals surface area contributed by atoms with E-state index in [9.17, 15) is 0 Å². The average molecular weight is 173 g/mol. The van der Waals surface area contributed by atoms with Crippen LogP contribution in [0.15, 0.2) is 17.5 Å². The van der Waals surface area contributed by atoms with Crippen LogP contribution in [-0.4, -0.2) is 12.3 Å². The first kappa shape index (κ1) is 8.11. The molecule has 0 radical (unpaired) electrons. The molecule has 2 N–H and O–H groups in total. The van der Waals surface area contributed by atoms with Crippen LogP contribution in [0.4, 0.5) is 0 Å². The van der Waals surface area contributed by atoms with Gasteiger partial charge >= 0.3 is 0 Å². The van der Waals surface area contributed by atoms with Gasteiger partial charge in [-0.25, -0.2) is 0 Å². The smallest absolute Gasteiger partial charge is 0.0279 e. The summed E-state index contributed by atoms with van der Waals surface area (Å²) in [5.74, 6) is 2.19. The lowest BCUT2D eigenvalue weighted by atomic mass is 10.5. The highest BCUT2D eigenvalue weighted by atomic mass is 32.2. The van der Waals surface area contributed by atoms with E-state index >= 15 is 0 Å². The Bertz CT molecular complexity index is 160. The van der Waals surface area contributed by atoms with Gasteiger partial charge in [0.15, 0.2) is 0 Å². The van der Waals surface area contributed by atoms with Crippen molar-refractivity contribution in [1.29, 1.82) is 0 Å². The summed E-state index contributed by atoms with van der Waals surface area (Å²) in [6, 6.07) is 4.25. The van der Waals surface area contributed by atoms with Crippen LogP contribution >= 0.6 is 23.1 Å². The molecule has 1 nitrogen and oxygen atoms in total. The fraction of sp³-hybridized carbons (Fsp3) is 0.429. The summed E-state index contributed by atoms with van der Waals surface area (Å²) in [7, 11) is 0. The standard InChI is InChI=1S/C7H11NS2/c8-3-5-9-6-7-2-1-4-10-7/h1-2,4H,3,5-6,8H2. The summed E-state index contributed by atoms with van der Waals surface area (Å²) in [5, 5.41) is 2.11.